The fourth-order valence-electron chi connectivity index (χ4n) is 8.25. The van der Waals surface area contributed by atoms with Gasteiger partial charge in [0.05, 0.1) is 5.69 Å². The highest BCUT2D eigenvalue weighted by atomic mass is 32.2. The summed E-state index contributed by atoms with van der Waals surface area (Å²) in [5.41, 5.74) is 8.69. The van der Waals surface area contributed by atoms with Crippen LogP contribution in [0.2, 0.25) is 0 Å². The summed E-state index contributed by atoms with van der Waals surface area (Å²) in [6.07, 6.45) is 0. The summed E-state index contributed by atoms with van der Waals surface area (Å²) in [6, 6.07) is 69.9. The van der Waals surface area contributed by atoms with Crippen molar-refractivity contribution in [1.82, 2.24) is 0 Å². The molecule has 0 atom stereocenters. The topological polar surface area (TPSA) is 3.24 Å². The summed E-state index contributed by atoms with van der Waals surface area (Å²) in [5.74, 6) is 0. The molecule has 0 radical (unpaired) electrons. The van der Waals surface area contributed by atoms with E-state index in [2.05, 4.69) is 193 Å². The number of anilines is 3. The fourth-order valence-corrected chi connectivity index (χ4v) is 15.6. The van der Waals surface area contributed by atoms with E-state index in [4.69, 9.17) is 0 Å². The largest absolute Gasteiger partial charge is 0.310 e. The van der Waals surface area contributed by atoms with E-state index in [9.17, 15) is 0 Å². The van der Waals surface area contributed by atoms with E-state index < -0.39 is 8.07 Å². The highest BCUT2D eigenvalue weighted by molar-refractivity contribution is 8.00. The van der Waals surface area contributed by atoms with Gasteiger partial charge in [-0.15, -0.1) is 0 Å². The van der Waals surface area contributed by atoms with E-state index >= 15 is 0 Å². The lowest BCUT2D eigenvalue weighted by molar-refractivity contribution is 1.29. The van der Waals surface area contributed by atoms with Crippen molar-refractivity contribution in [2.24, 2.45) is 0 Å². The summed E-state index contributed by atoms with van der Waals surface area (Å²) in [7, 11) is -2.64. The molecule has 0 fully saturated rings. The zero-order chi connectivity index (χ0) is 32.4. The van der Waals surface area contributed by atoms with Gasteiger partial charge in [0.2, 0.25) is 0 Å². The normalized spacial score (nSPS) is 13.4. The number of nitrogens with zero attached hydrogens (tertiary/aromatic N) is 1. The van der Waals surface area contributed by atoms with Crippen LogP contribution in [0.15, 0.2) is 198 Å². The average molecular weight is 658 g/mol. The Hall–Kier alpha value is -5.61. The molecular weight excluding hydrogens is 627 g/mol. The number of benzene rings is 8. The van der Waals surface area contributed by atoms with Crippen LogP contribution in [-0.4, -0.2) is 8.07 Å². The second-order valence-electron chi connectivity index (χ2n) is 12.9. The average Bonchev–Trinajstić information content (AvgIpc) is 3.47. The molecule has 0 saturated heterocycles. The molecule has 8 aromatic carbocycles. The molecule has 49 heavy (non-hydrogen) atoms. The van der Waals surface area contributed by atoms with Gasteiger partial charge in [-0.1, -0.05) is 157 Å². The van der Waals surface area contributed by atoms with Crippen LogP contribution >= 0.6 is 11.8 Å². The summed E-state index contributed by atoms with van der Waals surface area (Å²) in [5, 5.41) is 8.41. The minimum absolute atomic E-state index is 1.14. The van der Waals surface area contributed by atoms with E-state index in [-0.39, 0.29) is 0 Å². The summed E-state index contributed by atoms with van der Waals surface area (Å²) in [4.78, 5) is 5.21. The molecule has 10 rings (SSSR count). The lowest BCUT2D eigenvalue weighted by atomic mass is 10.0. The molecule has 0 bridgehead atoms. The van der Waals surface area contributed by atoms with Crippen LogP contribution in [0.1, 0.15) is 0 Å². The second kappa shape index (κ2) is 11.2. The van der Waals surface area contributed by atoms with Crippen LogP contribution in [0.4, 0.5) is 17.1 Å². The Bertz CT molecular complexity index is 2490. The molecule has 8 aromatic rings. The Labute approximate surface area is 292 Å². The highest BCUT2D eigenvalue weighted by Gasteiger charge is 2.52. The Balaban J connectivity index is 1.24. The second-order valence-corrected chi connectivity index (χ2v) is 17.6. The standard InChI is InChI=1S/C46H31NSSi/c1-2-13-32(14-3-1)33-25-27-35(28-26-33)47(40-20-12-16-34-15-4-5-17-37(34)40)36-29-30-42-46(31-36)49(45-24-11-8-21-41(45)48-42)43-22-9-6-18-38(43)39-19-7-10-23-44(39)49/h1-31H. The number of rotatable bonds is 4. The zero-order valence-corrected chi connectivity index (χ0v) is 28.6. The SMILES string of the molecule is c1ccc(-c2ccc(N(c3ccc4c(c3)[Si]3(c5ccccc5S4)c4ccccc4-c4ccccc43)c3cccc4ccccc34)cc2)cc1. The Morgan fingerprint density at radius 1 is 0.388 bits per heavy atom. The van der Waals surface area contributed by atoms with Gasteiger partial charge >= 0.3 is 0 Å². The Morgan fingerprint density at radius 3 is 1.73 bits per heavy atom. The predicted octanol–water partition coefficient (Wildman–Crippen LogP) is 9.80. The number of hydrogen-bond acceptors (Lipinski definition) is 2. The van der Waals surface area contributed by atoms with Crippen molar-refractivity contribution in [2.45, 2.75) is 9.79 Å². The van der Waals surface area contributed by atoms with E-state index in [0.29, 0.717) is 0 Å². The Kier molecular flexibility index (Phi) is 6.51. The van der Waals surface area contributed by atoms with Crippen molar-refractivity contribution in [2.75, 3.05) is 4.90 Å². The first-order valence-electron chi connectivity index (χ1n) is 16.9. The van der Waals surface area contributed by atoms with Crippen molar-refractivity contribution in [3.05, 3.63) is 188 Å². The minimum Gasteiger partial charge on any atom is -0.310 e. The third kappa shape index (κ3) is 4.26. The van der Waals surface area contributed by atoms with Gasteiger partial charge in [-0.3, -0.25) is 0 Å². The van der Waals surface area contributed by atoms with Gasteiger partial charge in [0, 0.05) is 26.6 Å². The van der Waals surface area contributed by atoms with Gasteiger partial charge in [0.1, 0.15) is 0 Å². The van der Waals surface area contributed by atoms with Crippen LogP contribution < -0.4 is 25.6 Å². The van der Waals surface area contributed by atoms with Crippen LogP contribution in [0.3, 0.4) is 0 Å². The lowest BCUT2D eigenvalue weighted by Crippen LogP contribution is -2.74. The Morgan fingerprint density at radius 2 is 0.959 bits per heavy atom. The third-order valence-electron chi connectivity index (χ3n) is 10.3. The van der Waals surface area contributed by atoms with Crippen molar-refractivity contribution in [3.63, 3.8) is 0 Å². The van der Waals surface area contributed by atoms with Gasteiger partial charge in [-0.25, -0.2) is 0 Å². The molecule has 2 aliphatic rings. The maximum absolute atomic E-state index is 2.64. The predicted molar refractivity (Wildman–Crippen MR) is 211 cm³/mol. The van der Waals surface area contributed by atoms with Gasteiger partial charge in [-0.2, -0.15) is 0 Å². The monoisotopic (exact) mass is 657 g/mol. The number of fused-ring (bicyclic) bond motifs is 10. The molecule has 0 amide bonds. The quantitative estimate of drug-likeness (QED) is 0.173. The van der Waals surface area contributed by atoms with Crippen molar-refractivity contribution < 1.29 is 0 Å². The van der Waals surface area contributed by atoms with Crippen molar-refractivity contribution in [1.29, 1.82) is 0 Å². The van der Waals surface area contributed by atoms with Gasteiger partial charge in [-0.05, 0) is 90.9 Å². The summed E-state index contributed by atoms with van der Waals surface area (Å²) < 4.78 is 0. The molecule has 0 N–H and O–H groups in total. The van der Waals surface area contributed by atoms with Crippen LogP contribution in [0, 0.1) is 0 Å². The molecule has 0 aliphatic carbocycles. The van der Waals surface area contributed by atoms with E-state index in [1.54, 1.807) is 0 Å². The first-order chi connectivity index (χ1) is 24.3. The lowest BCUT2D eigenvalue weighted by Gasteiger charge is -2.38. The molecule has 2 heterocycles. The molecule has 2 aliphatic heterocycles. The zero-order valence-electron chi connectivity index (χ0n) is 26.8. The van der Waals surface area contributed by atoms with Crippen molar-refractivity contribution in [3.8, 4) is 22.3 Å². The van der Waals surface area contributed by atoms with E-state index in [0.717, 1.165) is 5.69 Å². The first-order valence-corrected chi connectivity index (χ1v) is 19.7. The molecule has 230 valence electrons. The molecule has 0 aromatic heterocycles. The van der Waals surface area contributed by atoms with Crippen LogP contribution in [0.5, 0.6) is 0 Å². The van der Waals surface area contributed by atoms with Crippen molar-refractivity contribution >= 4 is 68.4 Å². The van der Waals surface area contributed by atoms with E-state index in [1.165, 1.54) is 74.9 Å². The minimum atomic E-state index is -2.64. The van der Waals surface area contributed by atoms with Crippen LogP contribution in [-0.2, 0) is 0 Å². The van der Waals surface area contributed by atoms with Gasteiger partial charge < -0.3 is 4.90 Å². The number of hydrogen-bond donors (Lipinski definition) is 0. The van der Waals surface area contributed by atoms with Gasteiger partial charge in [0.15, 0.2) is 8.07 Å². The first kappa shape index (κ1) is 28.4. The maximum atomic E-state index is 2.54. The summed E-state index contributed by atoms with van der Waals surface area (Å²) in [6.45, 7) is 0. The third-order valence-corrected chi connectivity index (χ3v) is 16.8. The molecule has 1 spiro atoms. The molecule has 1 nitrogen and oxygen atoms in total. The maximum Gasteiger partial charge on any atom is 0.183 e. The van der Waals surface area contributed by atoms with E-state index in [1.807, 2.05) is 11.8 Å². The highest BCUT2D eigenvalue weighted by Crippen LogP contribution is 2.43. The molecule has 3 heteroatoms. The van der Waals surface area contributed by atoms with Crippen LogP contribution in [0.25, 0.3) is 33.0 Å². The fraction of sp³-hybridized carbons (Fsp3) is 0. The smallest absolute Gasteiger partial charge is 0.183 e. The molecular formula is C46H31NSSi. The summed E-state index contributed by atoms with van der Waals surface area (Å²) >= 11 is 1.92. The molecule has 0 unspecified atom stereocenters. The molecule has 0 saturated carbocycles. The van der Waals surface area contributed by atoms with Gasteiger partial charge in [0.25, 0.3) is 0 Å².